The molecule has 2 nitrogen and oxygen atoms in total. The van der Waals surface area contributed by atoms with Gasteiger partial charge in [0, 0.05) is 11.1 Å². The van der Waals surface area contributed by atoms with Gasteiger partial charge >= 0.3 is 0 Å². The van der Waals surface area contributed by atoms with Crippen molar-refractivity contribution in [3.8, 4) is 22.6 Å². The van der Waals surface area contributed by atoms with E-state index in [9.17, 15) is 5.11 Å². The maximum absolute atomic E-state index is 10.8. The van der Waals surface area contributed by atoms with Gasteiger partial charge in [0.15, 0.2) is 0 Å². The zero-order valence-corrected chi connectivity index (χ0v) is 17.1. The average Bonchev–Trinajstić information content (AvgIpc) is 2.71. The lowest BCUT2D eigenvalue weighted by atomic mass is 9.92. The van der Waals surface area contributed by atoms with Crippen molar-refractivity contribution in [1.29, 1.82) is 0 Å². The van der Waals surface area contributed by atoms with Crippen LogP contribution in [0.2, 0.25) is 0 Å². The summed E-state index contributed by atoms with van der Waals surface area (Å²) in [6.07, 6.45) is 3.35. The topological polar surface area (TPSA) is 29.5 Å². The van der Waals surface area contributed by atoms with E-state index in [1.807, 2.05) is 36.4 Å². The van der Waals surface area contributed by atoms with Crippen molar-refractivity contribution in [2.45, 2.75) is 26.2 Å². The summed E-state index contributed by atoms with van der Waals surface area (Å²) >= 11 is 0. The van der Waals surface area contributed by atoms with E-state index in [0.717, 1.165) is 57.7 Å². The van der Waals surface area contributed by atoms with Crippen LogP contribution in [0.5, 0.6) is 11.5 Å². The Morgan fingerprint density at radius 1 is 0.714 bits per heavy atom. The summed E-state index contributed by atoms with van der Waals surface area (Å²) in [5, 5.41) is 15.2. The zero-order valence-electron chi connectivity index (χ0n) is 16.1. The first-order valence-corrected chi connectivity index (χ1v) is 9.65. The third-order valence-electron chi connectivity index (χ3n) is 5.05. The van der Waals surface area contributed by atoms with Crippen LogP contribution >= 0.6 is 13.5 Å². The van der Waals surface area contributed by atoms with Gasteiger partial charge in [-0.15, -0.1) is 0 Å². The molecule has 4 rings (SSSR count). The van der Waals surface area contributed by atoms with E-state index in [1.165, 1.54) is 0 Å². The van der Waals surface area contributed by atoms with E-state index in [1.54, 1.807) is 6.07 Å². The van der Waals surface area contributed by atoms with Crippen LogP contribution < -0.4 is 4.74 Å². The second-order valence-electron chi connectivity index (χ2n) is 6.90. The number of rotatable bonds is 6. The van der Waals surface area contributed by atoms with Gasteiger partial charge in [-0.05, 0) is 40.1 Å². The van der Waals surface area contributed by atoms with Gasteiger partial charge in [-0.25, -0.2) is 0 Å². The number of unbranched alkanes of at least 4 members (excludes halogenated alkanes) is 2. The summed E-state index contributed by atoms with van der Waals surface area (Å²) in [7, 11) is 0. The molecule has 0 spiro atoms. The van der Waals surface area contributed by atoms with Crippen LogP contribution in [0.25, 0.3) is 32.7 Å². The van der Waals surface area contributed by atoms with Gasteiger partial charge in [0.1, 0.15) is 11.5 Å². The molecule has 0 heterocycles. The van der Waals surface area contributed by atoms with Crippen molar-refractivity contribution >= 4 is 35.0 Å². The molecule has 0 fully saturated rings. The molecule has 0 amide bonds. The molecule has 1 N–H and O–H groups in total. The highest BCUT2D eigenvalue weighted by Crippen LogP contribution is 2.44. The summed E-state index contributed by atoms with van der Waals surface area (Å²) in [6.45, 7) is 2.88. The van der Waals surface area contributed by atoms with Crippen molar-refractivity contribution in [3.63, 3.8) is 0 Å². The number of aromatic hydroxyl groups is 1. The van der Waals surface area contributed by atoms with Gasteiger partial charge in [0.25, 0.3) is 0 Å². The third-order valence-corrected chi connectivity index (χ3v) is 5.05. The number of phenolic OH excluding ortho intramolecular Hbond substituents is 1. The van der Waals surface area contributed by atoms with Gasteiger partial charge in [-0.1, -0.05) is 80.4 Å². The fourth-order valence-electron chi connectivity index (χ4n) is 3.69. The quantitative estimate of drug-likeness (QED) is 0.358. The zero-order chi connectivity index (χ0) is 18.6. The Labute approximate surface area is 173 Å². The Balaban J connectivity index is 0.00000225. The van der Waals surface area contributed by atoms with Gasteiger partial charge < -0.3 is 9.84 Å². The Hall–Kier alpha value is -2.65. The van der Waals surface area contributed by atoms with Crippen LogP contribution in [0, 0.1) is 0 Å². The minimum Gasteiger partial charge on any atom is -0.507 e. The first-order chi connectivity index (χ1) is 13.3. The molecule has 0 aliphatic heterocycles. The normalized spacial score (nSPS) is 10.8. The Bertz CT molecular complexity index is 1090. The monoisotopic (exact) mass is 390 g/mol. The fraction of sp³-hybridized carbons (Fsp3) is 0.200. The molecule has 0 saturated carbocycles. The Kier molecular flexibility index (Phi) is 6.48. The van der Waals surface area contributed by atoms with Crippen molar-refractivity contribution in [2.24, 2.45) is 0 Å². The summed E-state index contributed by atoms with van der Waals surface area (Å²) in [5.74, 6) is 1.11. The fourth-order valence-corrected chi connectivity index (χ4v) is 3.69. The molecule has 0 aliphatic rings. The number of hydrogen-bond acceptors (Lipinski definition) is 2. The van der Waals surface area contributed by atoms with Crippen molar-refractivity contribution < 1.29 is 9.84 Å². The minimum absolute atomic E-state index is 0. The van der Waals surface area contributed by atoms with E-state index in [-0.39, 0.29) is 19.2 Å². The minimum atomic E-state index is 0. The van der Waals surface area contributed by atoms with Crippen molar-refractivity contribution in [1.82, 2.24) is 0 Å². The highest BCUT2D eigenvalue weighted by molar-refractivity contribution is 7.59. The van der Waals surface area contributed by atoms with Crippen LogP contribution in [0.1, 0.15) is 26.2 Å². The molecule has 0 aromatic heterocycles. The van der Waals surface area contributed by atoms with E-state index in [4.69, 9.17) is 4.74 Å². The molecule has 0 aliphatic carbocycles. The average molecular weight is 391 g/mol. The van der Waals surface area contributed by atoms with E-state index in [2.05, 4.69) is 37.3 Å². The molecular formula is C25H26O2S. The molecule has 144 valence electrons. The predicted octanol–water partition coefficient (Wildman–Crippen LogP) is 7.05. The smallest absolute Gasteiger partial charge is 0.127 e. The number of fused-ring (bicyclic) bond motifs is 2. The molecule has 0 atom stereocenters. The largest absolute Gasteiger partial charge is 0.507 e. The van der Waals surface area contributed by atoms with Crippen LogP contribution in [-0.4, -0.2) is 11.7 Å². The van der Waals surface area contributed by atoms with Crippen LogP contribution in [0.15, 0.2) is 72.8 Å². The van der Waals surface area contributed by atoms with Crippen molar-refractivity contribution in [2.75, 3.05) is 6.61 Å². The predicted molar refractivity (Wildman–Crippen MR) is 124 cm³/mol. The molecule has 4 aromatic carbocycles. The highest BCUT2D eigenvalue weighted by Gasteiger charge is 2.17. The van der Waals surface area contributed by atoms with E-state index < -0.39 is 0 Å². The Morgan fingerprint density at radius 2 is 1.32 bits per heavy atom. The van der Waals surface area contributed by atoms with E-state index >= 15 is 0 Å². The van der Waals surface area contributed by atoms with Crippen LogP contribution in [0.4, 0.5) is 0 Å². The maximum atomic E-state index is 10.8. The van der Waals surface area contributed by atoms with Gasteiger partial charge in [-0.3, -0.25) is 0 Å². The lowest BCUT2D eigenvalue weighted by molar-refractivity contribution is 0.307. The SMILES string of the molecule is CCCCCOc1ccc2ccccc2c1-c1c(O)ccc2ccccc12.S. The summed E-state index contributed by atoms with van der Waals surface area (Å²) < 4.78 is 6.19. The standard InChI is InChI=1S/C25H24O2.H2S/c1-2-3-8-17-27-23-16-14-19-10-5-7-12-21(19)25(23)24-20-11-6-4-9-18(20)13-15-22(24)26;/h4-7,9-16,26H,2-3,8,17H2,1H3;1H2. The highest BCUT2D eigenvalue weighted by atomic mass is 32.1. The molecule has 3 heteroatoms. The lowest BCUT2D eigenvalue weighted by Gasteiger charge is -2.17. The number of hydrogen-bond donors (Lipinski definition) is 1. The van der Waals surface area contributed by atoms with E-state index in [0.29, 0.717) is 6.61 Å². The van der Waals surface area contributed by atoms with Gasteiger partial charge in [0.2, 0.25) is 0 Å². The summed E-state index contributed by atoms with van der Waals surface area (Å²) in [4.78, 5) is 0. The first-order valence-electron chi connectivity index (χ1n) is 9.65. The van der Waals surface area contributed by atoms with Gasteiger partial charge in [-0.2, -0.15) is 13.5 Å². The number of benzene rings is 4. The molecule has 4 aromatic rings. The molecule has 0 unspecified atom stereocenters. The number of ether oxygens (including phenoxy) is 1. The summed E-state index contributed by atoms with van der Waals surface area (Å²) in [5.41, 5.74) is 1.81. The summed E-state index contributed by atoms with van der Waals surface area (Å²) in [6, 6.07) is 24.3. The molecular weight excluding hydrogens is 364 g/mol. The maximum Gasteiger partial charge on any atom is 0.127 e. The first kappa shape index (κ1) is 20.1. The molecule has 0 saturated heterocycles. The lowest BCUT2D eigenvalue weighted by Crippen LogP contribution is -1.99. The van der Waals surface area contributed by atoms with Crippen LogP contribution in [0.3, 0.4) is 0 Å². The second kappa shape index (κ2) is 9.03. The second-order valence-corrected chi connectivity index (χ2v) is 6.90. The molecule has 28 heavy (non-hydrogen) atoms. The van der Waals surface area contributed by atoms with Crippen LogP contribution in [-0.2, 0) is 0 Å². The Morgan fingerprint density at radius 3 is 2.00 bits per heavy atom. The van der Waals surface area contributed by atoms with Gasteiger partial charge in [0.05, 0.1) is 6.61 Å². The third kappa shape index (κ3) is 3.81. The van der Waals surface area contributed by atoms with Crippen molar-refractivity contribution in [3.05, 3.63) is 72.8 Å². The molecule has 0 radical (unpaired) electrons. The number of phenols is 1. The molecule has 0 bridgehead atoms.